The van der Waals surface area contributed by atoms with Crippen molar-refractivity contribution in [2.24, 2.45) is 0 Å². The van der Waals surface area contributed by atoms with E-state index in [1.54, 1.807) is 0 Å². The molecule has 0 aliphatic rings. The van der Waals surface area contributed by atoms with Gasteiger partial charge in [-0.2, -0.15) is 0 Å². The molecule has 0 heterocycles. The molecule has 0 aromatic rings. The van der Waals surface area contributed by atoms with Gasteiger partial charge in [0.2, 0.25) is 0 Å². The lowest BCUT2D eigenvalue weighted by Gasteiger charge is -2.18. The van der Waals surface area contributed by atoms with Gasteiger partial charge in [-0.3, -0.25) is 14.1 Å². The van der Waals surface area contributed by atoms with Gasteiger partial charge in [0, 0.05) is 12.8 Å². The zero-order valence-electron chi connectivity index (χ0n) is 31.4. The van der Waals surface area contributed by atoms with Crippen molar-refractivity contribution in [1.82, 2.24) is 0 Å². The predicted molar refractivity (Wildman–Crippen MR) is 198 cm³/mol. The fraction of sp³-hybridized carbons (Fsp3) is 0.949. The fourth-order valence-electron chi connectivity index (χ4n) is 6.08. The van der Waals surface area contributed by atoms with E-state index < -0.39 is 32.5 Å². The lowest BCUT2D eigenvalue weighted by molar-refractivity contribution is -0.161. The van der Waals surface area contributed by atoms with Gasteiger partial charge in [-0.25, -0.2) is 4.57 Å². The Morgan fingerprint density at radius 1 is 0.458 bits per heavy atom. The van der Waals surface area contributed by atoms with Crippen molar-refractivity contribution >= 4 is 19.8 Å². The van der Waals surface area contributed by atoms with E-state index in [-0.39, 0.29) is 19.4 Å². The molecule has 0 rings (SSSR count). The summed E-state index contributed by atoms with van der Waals surface area (Å²) in [5.74, 6) is -0.873. The van der Waals surface area contributed by atoms with Crippen LogP contribution >= 0.6 is 7.82 Å². The summed E-state index contributed by atoms with van der Waals surface area (Å²) >= 11 is 0. The lowest BCUT2D eigenvalue weighted by Crippen LogP contribution is -2.29. The molecule has 0 saturated heterocycles. The molecule has 1 unspecified atom stereocenters. The summed E-state index contributed by atoms with van der Waals surface area (Å²) in [7, 11) is -4.74. The van der Waals surface area contributed by atoms with E-state index in [9.17, 15) is 14.2 Å². The number of rotatable bonds is 38. The maximum absolute atomic E-state index is 12.4. The average molecular weight is 705 g/mol. The first-order chi connectivity index (χ1) is 23.3. The van der Waals surface area contributed by atoms with Crippen LogP contribution in [0.5, 0.6) is 0 Å². The molecular formula is C39H77O8P. The number of phosphoric ester groups is 1. The first-order valence-electron chi connectivity index (χ1n) is 20.3. The normalized spacial score (nSPS) is 12.3. The smallest absolute Gasteiger partial charge is 0.462 e. The van der Waals surface area contributed by atoms with E-state index in [1.165, 1.54) is 154 Å². The number of esters is 2. The van der Waals surface area contributed by atoms with Crippen molar-refractivity contribution in [1.29, 1.82) is 0 Å². The number of carbonyl (C=O) groups is 2. The summed E-state index contributed by atoms with van der Waals surface area (Å²) in [6.07, 6.45) is 37.0. The molecule has 9 heteroatoms. The topological polar surface area (TPSA) is 119 Å². The molecule has 0 aromatic carbocycles. The average Bonchev–Trinajstić information content (AvgIpc) is 3.05. The first kappa shape index (κ1) is 47.0. The van der Waals surface area contributed by atoms with Crippen molar-refractivity contribution in [3.05, 3.63) is 0 Å². The summed E-state index contributed by atoms with van der Waals surface area (Å²) in [5, 5.41) is 0. The van der Waals surface area contributed by atoms with Crippen LogP contribution in [0.2, 0.25) is 0 Å². The molecule has 8 nitrogen and oxygen atoms in total. The van der Waals surface area contributed by atoms with E-state index in [2.05, 4.69) is 18.4 Å². The summed E-state index contributed by atoms with van der Waals surface area (Å²) in [6.45, 7) is 3.68. The molecule has 0 spiro atoms. The highest BCUT2D eigenvalue weighted by atomic mass is 31.2. The zero-order chi connectivity index (χ0) is 35.4. The number of unbranched alkanes of at least 4 members (excludes halogenated alkanes) is 28. The van der Waals surface area contributed by atoms with Crippen LogP contribution in [0, 0.1) is 0 Å². The van der Waals surface area contributed by atoms with Crippen LogP contribution in [0.15, 0.2) is 0 Å². The largest absolute Gasteiger partial charge is 0.469 e. The third kappa shape index (κ3) is 37.9. The second kappa shape index (κ2) is 35.9. The number of phosphoric acid groups is 1. The Morgan fingerprint density at radius 2 is 0.750 bits per heavy atom. The van der Waals surface area contributed by atoms with Crippen LogP contribution in [0.4, 0.5) is 0 Å². The molecule has 0 saturated carbocycles. The highest BCUT2D eigenvalue weighted by molar-refractivity contribution is 7.46. The predicted octanol–water partition coefficient (Wildman–Crippen LogP) is 12.1. The molecule has 286 valence electrons. The summed E-state index contributed by atoms with van der Waals surface area (Å²) < 4.78 is 26.3. The molecule has 48 heavy (non-hydrogen) atoms. The van der Waals surface area contributed by atoms with Gasteiger partial charge in [-0.05, 0) is 12.8 Å². The quantitative estimate of drug-likeness (QED) is 0.0370. The van der Waals surface area contributed by atoms with Gasteiger partial charge in [0.1, 0.15) is 6.61 Å². The van der Waals surface area contributed by atoms with E-state index in [1.807, 2.05) is 0 Å². The molecule has 0 fully saturated rings. The number of hydrogen-bond acceptors (Lipinski definition) is 6. The van der Waals surface area contributed by atoms with E-state index in [4.69, 9.17) is 19.3 Å². The third-order valence-corrected chi connectivity index (χ3v) is 9.61. The lowest BCUT2D eigenvalue weighted by atomic mass is 10.0. The number of ether oxygens (including phenoxy) is 2. The highest BCUT2D eigenvalue weighted by Gasteiger charge is 2.22. The van der Waals surface area contributed by atoms with Crippen LogP contribution in [0.3, 0.4) is 0 Å². The Hall–Kier alpha value is -0.950. The van der Waals surface area contributed by atoms with Crippen molar-refractivity contribution in [2.45, 2.75) is 225 Å². The fourth-order valence-corrected chi connectivity index (χ4v) is 6.44. The second-order valence-corrected chi connectivity index (χ2v) is 15.2. The third-order valence-electron chi connectivity index (χ3n) is 9.13. The molecule has 0 radical (unpaired) electrons. The molecule has 1 atom stereocenters. The zero-order valence-corrected chi connectivity index (χ0v) is 32.3. The standard InChI is InChI=1S/C39H77O8P/c1-3-5-7-9-11-13-14-15-16-17-18-19-20-21-22-23-24-26-28-30-32-34-39(41)47-37(36-46-48(42,43)44)35-45-38(40)33-31-29-27-25-12-10-8-6-4-2/h37H,3-36H2,1-2H3,(H2,42,43,44). The minimum Gasteiger partial charge on any atom is -0.462 e. The summed E-state index contributed by atoms with van der Waals surface area (Å²) in [6, 6.07) is 0. The Kier molecular flexibility index (Phi) is 35.2. The number of carbonyl (C=O) groups excluding carboxylic acids is 2. The van der Waals surface area contributed by atoms with Gasteiger partial charge < -0.3 is 19.3 Å². The maximum Gasteiger partial charge on any atom is 0.469 e. The minimum atomic E-state index is -4.74. The molecular weight excluding hydrogens is 627 g/mol. The van der Waals surface area contributed by atoms with Crippen LogP contribution < -0.4 is 0 Å². The molecule has 0 aromatic heterocycles. The van der Waals surface area contributed by atoms with E-state index in [0.717, 1.165) is 32.1 Å². The van der Waals surface area contributed by atoms with Gasteiger partial charge in [0.05, 0.1) is 6.61 Å². The molecule has 0 aliphatic heterocycles. The van der Waals surface area contributed by atoms with Gasteiger partial charge in [-0.1, -0.05) is 194 Å². The van der Waals surface area contributed by atoms with Crippen molar-refractivity contribution in [3.8, 4) is 0 Å². The molecule has 0 bridgehead atoms. The van der Waals surface area contributed by atoms with Crippen LogP contribution in [-0.2, 0) is 28.2 Å². The van der Waals surface area contributed by atoms with Crippen molar-refractivity contribution < 1.29 is 37.9 Å². The van der Waals surface area contributed by atoms with E-state index in [0.29, 0.717) is 6.42 Å². The monoisotopic (exact) mass is 705 g/mol. The van der Waals surface area contributed by atoms with Gasteiger partial charge in [0.15, 0.2) is 6.10 Å². The van der Waals surface area contributed by atoms with Gasteiger partial charge in [0.25, 0.3) is 0 Å². The van der Waals surface area contributed by atoms with Crippen LogP contribution in [0.25, 0.3) is 0 Å². The molecule has 0 amide bonds. The van der Waals surface area contributed by atoms with Gasteiger partial charge >= 0.3 is 19.8 Å². The Labute approximate surface area is 295 Å². The SMILES string of the molecule is CCCCCCCCCCCCCCCCCCCCCCCC(=O)OC(COC(=O)CCCCCCCCCCC)COP(=O)(O)O. The Morgan fingerprint density at radius 3 is 1.06 bits per heavy atom. The minimum absolute atomic E-state index is 0.220. The molecule has 2 N–H and O–H groups in total. The first-order valence-corrected chi connectivity index (χ1v) is 21.9. The van der Waals surface area contributed by atoms with Crippen molar-refractivity contribution in [2.75, 3.05) is 13.2 Å². The highest BCUT2D eigenvalue weighted by Crippen LogP contribution is 2.36. The summed E-state index contributed by atoms with van der Waals surface area (Å²) in [5.41, 5.74) is 0. The van der Waals surface area contributed by atoms with Crippen LogP contribution in [-0.4, -0.2) is 41.0 Å². The molecule has 0 aliphatic carbocycles. The van der Waals surface area contributed by atoms with E-state index >= 15 is 0 Å². The van der Waals surface area contributed by atoms with Gasteiger partial charge in [-0.15, -0.1) is 0 Å². The second-order valence-electron chi connectivity index (χ2n) is 14.0. The number of hydrogen-bond donors (Lipinski definition) is 2. The summed E-state index contributed by atoms with van der Waals surface area (Å²) in [4.78, 5) is 42.6. The Bertz CT molecular complexity index is 756. The Balaban J connectivity index is 3.79. The van der Waals surface area contributed by atoms with Crippen LogP contribution in [0.1, 0.15) is 219 Å². The van der Waals surface area contributed by atoms with Crippen molar-refractivity contribution in [3.63, 3.8) is 0 Å². The maximum atomic E-state index is 12.4.